The van der Waals surface area contributed by atoms with Crippen LogP contribution in [-0.4, -0.2) is 18.1 Å². The second-order valence-electron chi connectivity index (χ2n) is 3.48. The van der Waals surface area contributed by atoms with Crippen molar-refractivity contribution in [2.75, 3.05) is 6.67 Å². The maximum atomic E-state index is 12.3. The van der Waals surface area contributed by atoms with Gasteiger partial charge in [0.2, 0.25) is 0 Å². The quantitative estimate of drug-likeness (QED) is 0.779. The zero-order chi connectivity index (χ0) is 9.90. The monoisotopic (exact) mass is 185 g/mol. The molecule has 0 aliphatic heterocycles. The van der Waals surface area contributed by atoms with E-state index in [9.17, 15) is 9.18 Å². The van der Waals surface area contributed by atoms with Crippen LogP contribution in [-0.2, 0) is 0 Å². The fourth-order valence-electron chi connectivity index (χ4n) is 0.807. The van der Waals surface area contributed by atoms with Crippen molar-refractivity contribution in [3.05, 3.63) is 24.2 Å². The van der Waals surface area contributed by atoms with Crippen LogP contribution < -0.4 is 5.32 Å². The van der Waals surface area contributed by atoms with E-state index in [-0.39, 0.29) is 5.91 Å². The van der Waals surface area contributed by atoms with Gasteiger partial charge in [0, 0.05) is 0 Å². The Morgan fingerprint density at radius 3 is 2.85 bits per heavy atom. The summed E-state index contributed by atoms with van der Waals surface area (Å²) in [4.78, 5) is 11.3. The summed E-state index contributed by atoms with van der Waals surface area (Å²) in [6.07, 6.45) is 2.72. The van der Waals surface area contributed by atoms with Crippen molar-refractivity contribution in [2.45, 2.75) is 19.4 Å². The lowest BCUT2D eigenvalue weighted by atomic mass is 10.1. The van der Waals surface area contributed by atoms with Gasteiger partial charge in [0.1, 0.15) is 12.9 Å². The summed E-state index contributed by atoms with van der Waals surface area (Å²) in [5, 5.41) is 2.53. The molecular weight excluding hydrogens is 173 g/mol. The Labute approximate surface area is 75.9 Å². The number of carbonyl (C=O) groups is 1. The first-order chi connectivity index (χ1) is 6.05. The number of amides is 1. The molecule has 0 bridgehead atoms. The smallest absolute Gasteiger partial charge is 0.255 e. The molecule has 0 radical (unpaired) electrons. The fraction of sp³-hybridized carbons (Fsp3) is 0.444. The van der Waals surface area contributed by atoms with Crippen LogP contribution in [0.2, 0.25) is 0 Å². The number of rotatable bonds is 3. The minimum Gasteiger partial charge on any atom is -0.472 e. The van der Waals surface area contributed by atoms with Gasteiger partial charge in [-0.3, -0.25) is 4.79 Å². The molecule has 0 fully saturated rings. The zero-order valence-electron chi connectivity index (χ0n) is 7.63. The highest BCUT2D eigenvalue weighted by molar-refractivity contribution is 5.94. The highest BCUT2D eigenvalue weighted by Crippen LogP contribution is 2.06. The van der Waals surface area contributed by atoms with E-state index in [1.165, 1.54) is 18.6 Å². The van der Waals surface area contributed by atoms with E-state index >= 15 is 0 Å². The number of furan rings is 1. The maximum Gasteiger partial charge on any atom is 0.255 e. The van der Waals surface area contributed by atoms with Crippen LogP contribution in [0.1, 0.15) is 24.2 Å². The van der Waals surface area contributed by atoms with E-state index in [0.717, 1.165) is 0 Å². The second kappa shape index (κ2) is 3.60. The Bertz CT molecular complexity index is 280. The molecule has 1 heterocycles. The van der Waals surface area contributed by atoms with Crippen molar-refractivity contribution in [1.29, 1.82) is 0 Å². The van der Waals surface area contributed by atoms with Crippen LogP contribution in [0.15, 0.2) is 23.0 Å². The lowest BCUT2D eigenvalue weighted by Gasteiger charge is -2.21. The molecule has 1 amide bonds. The molecule has 0 saturated carbocycles. The number of alkyl halides is 1. The first kappa shape index (κ1) is 9.77. The zero-order valence-corrected chi connectivity index (χ0v) is 7.63. The van der Waals surface area contributed by atoms with E-state index in [1.807, 2.05) is 0 Å². The summed E-state index contributed by atoms with van der Waals surface area (Å²) in [5.41, 5.74) is -0.421. The van der Waals surface area contributed by atoms with Gasteiger partial charge in [0.05, 0.1) is 17.4 Å². The Morgan fingerprint density at radius 1 is 1.69 bits per heavy atom. The van der Waals surface area contributed by atoms with Gasteiger partial charge in [-0.25, -0.2) is 4.39 Å². The lowest BCUT2D eigenvalue weighted by molar-refractivity contribution is 0.0899. The normalized spacial score (nSPS) is 11.3. The predicted octanol–water partition coefficient (Wildman–Crippen LogP) is 1.76. The lowest BCUT2D eigenvalue weighted by Crippen LogP contribution is -2.45. The van der Waals surface area contributed by atoms with Gasteiger partial charge in [-0.15, -0.1) is 0 Å². The summed E-state index contributed by atoms with van der Waals surface area (Å²) in [7, 11) is 0. The van der Waals surface area contributed by atoms with E-state index in [0.29, 0.717) is 5.56 Å². The van der Waals surface area contributed by atoms with Crippen LogP contribution in [0.4, 0.5) is 4.39 Å². The number of hydrogen-bond acceptors (Lipinski definition) is 2. The Morgan fingerprint density at radius 2 is 2.38 bits per heavy atom. The van der Waals surface area contributed by atoms with Gasteiger partial charge in [-0.05, 0) is 19.9 Å². The molecule has 4 heteroatoms. The molecule has 1 aromatic rings. The van der Waals surface area contributed by atoms with Gasteiger partial charge >= 0.3 is 0 Å². The molecule has 0 saturated heterocycles. The van der Waals surface area contributed by atoms with E-state index in [4.69, 9.17) is 4.42 Å². The minimum atomic E-state index is -0.825. The standard InChI is InChI=1S/C9H12FNO2/c1-9(2,6-10)11-8(12)7-3-4-13-5-7/h3-5H,6H2,1-2H3,(H,11,12). The Kier molecular flexibility index (Phi) is 2.70. The van der Waals surface area contributed by atoms with Gasteiger partial charge in [0.15, 0.2) is 0 Å². The number of nitrogens with one attached hydrogen (secondary N) is 1. The summed E-state index contributed by atoms with van der Waals surface area (Å²) in [5.74, 6) is -0.323. The minimum absolute atomic E-state index is 0.323. The van der Waals surface area contributed by atoms with Crippen LogP contribution >= 0.6 is 0 Å². The highest BCUT2D eigenvalue weighted by atomic mass is 19.1. The fourth-order valence-corrected chi connectivity index (χ4v) is 0.807. The molecule has 0 atom stereocenters. The van der Waals surface area contributed by atoms with Gasteiger partial charge in [-0.2, -0.15) is 0 Å². The van der Waals surface area contributed by atoms with Gasteiger partial charge in [-0.1, -0.05) is 0 Å². The molecule has 0 aliphatic rings. The third kappa shape index (κ3) is 2.57. The Balaban J connectivity index is 2.61. The summed E-state index contributed by atoms with van der Waals surface area (Å²) >= 11 is 0. The molecule has 72 valence electrons. The molecule has 0 unspecified atom stereocenters. The van der Waals surface area contributed by atoms with Crippen molar-refractivity contribution in [2.24, 2.45) is 0 Å². The summed E-state index contributed by atoms with van der Waals surface area (Å²) < 4.78 is 17.1. The summed E-state index contributed by atoms with van der Waals surface area (Å²) in [6, 6.07) is 1.53. The van der Waals surface area contributed by atoms with Crippen molar-refractivity contribution < 1.29 is 13.6 Å². The highest BCUT2D eigenvalue weighted by Gasteiger charge is 2.21. The number of carbonyl (C=O) groups excluding carboxylic acids is 1. The topological polar surface area (TPSA) is 42.2 Å². The van der Waals surface area contributed by atoms with Crippen molar-refractivity contribution in [1.82, 2.24) is 5.32 Å². The number of hydrogen-bond donors (Lipinski definition) is 1. The largest absolute Gasteiger partial charge is 0.472 e. The molecule has 3 nitrogen and oxygen atoms in total. The molecular formula is C9H12FNO2. The third-order valence-corrected chi connectivity index (χ3v) is 1.57. The van der Waals surface area contributed by atoms with Crippen molar-refractivity contribution in [3.8, 4) is 0 Å². The van der Waals surface area contributed by atoms with Crippen LogP contribution in [0.25, 0.3) is 0 Å². The van der Waals surface area contributed by atoms with Crippen molar-refractivity contribution in [3.63, 3.8) is 0 Å². The average Bonchev–Trinajstić information content (AvgIpc) is 2.55. The second-order valence-corrected chi connectivity index (χ2v) is 3.48. The van der Waals surface area contributed by atoms with E-state index < -0.39 is 12.2 Å². The molecule has 0 spiro atoms. The van der Waals surface area contributed by atoms with Crippen LogP contribution in [0.3, 0.4) is 0 Å². The summed E-state index contributed by atoms with van der Waals surface area (Å²) in [6.45, 7) is 2.63. The molecule has 1 rings (SSSR count). The third-order valence-electron chi connectivity index (χ3n) is 1.57. The molecule has 13 heavy (non-hydrogen) atoms. The maximum absolute atomic E-state index is 12.3. The molecule has 0 aromatic carbocycles. The van der Waals surface area contributed by atoms with Gasteiger partial charge < -0.3 is 9.73 Å². The first-order valence-electron chi connectivity index (χ1n) is 3.96. The van der Waals surface area contributed by atoms with E-state index in [1.54, 1.807) is 13.8 Å². The van der Waals surface area contributed by atoms with Crippen LogP contribution in [0, 0.1) is 0 Å². The van der Waals surface area contributed by atoms with Crippen molar-refractivity contribution >= 4 is 5.91 Å². The molecule has 0 aliphatic carbocycles. The number of halogens is 1. The first-order valence-corrected chi connectivity index (χ1v) is 3.96. The van der Waals surface area contributed by atoms with Gasteiger partial charge in [0.25, 0.3) is 5.91 Å². The Hall–Kier alpha value is -1.32. The molecule has 1 N–H and O–H groups in total. The average molecular weight is 185 g/mol. The SMILES string of the molecule is CC(C)(CF)NC(=O)c1ccoc1. The molecule has 1 aromatic heterocycles. The van der Waals surface area contributed by atoms with Crippen LogP contribution in [0.5, 0.6) is 0 Å². The van der Waals surface area contributed by atoms with E-state index in [2.05, 4.69) is 5.32 Å². The predicted molar refractivity (Wildman–Crippen MR) is 46.2 cm³/mol.